The van der Waals surface area contributed by atoms with Crippen LogP contribution in [0.4, 0.5) is 8.78 Å². The summed E-state index contributed by atoms with van der Waals surface area (Å²) in [6, 6.07) is 3.60. The van der Waals surface area contributed by atoms with E-state index in [2.05, 4.69) is 25.2 Å². The summed E-state index contributed by atoms with van der Waals surface area (Å²) >= 11 is 0. The van der Waals surface area contributed by atoms with E-state index in [9.17, 15) is 8.78 Å². The largest absolute Gasteiger partial charge is 0.203 e. The van der Waals surface area contributed by atoms with Crippen LogP contribution in [0.15, 0.2) is 30.4 Å². The van der Waals surface area contributed by atoms with Crippen LogP contribution in [0.5, 0.6) is 0 Å². The van der Waals surface area contributed by atoms with Crippen molar-refractivity contribution < 1.29 is 8.78 Å². The molecule has 2 heteroatoms. The van der Waals surface area contributed by atoms with Crippen LogP contribution in [0.3, 0.4) is 0 Å². The molecule has 0 aliphatic heterocycles. The minimum absolute atomic E-state index is 0.476. The average Bonchev–Trinajstić information content (AvgIpc) is 2.66. The molecular formula is C24H34F2. The van der Waals surface area contributed by atoms with Gasteiger partial charge in [0.05, 0.1) is 0 Å². The highest BCUT2D eigenvalue weighted by Crippen LogP contribution is 2.34. The second kappa shape index (κ2) is 11.3. The Morgan fingerprint density at radius 1 is 1.08 bits per heavy atom. The van der Waals surface area contributed by atoms with Crippen molar-refractivity contribution in [3.63, 3.8) is 0 Å². The number of benzene rings is 1. The maximum Gasteiger partial charge on any atom is 0.166 e. The van der Waals surface area contributed by atoms with Crippen LogP contribution < -0.4 is 0 Å². The normalized spacial score (nSPS) is 17.7. The molecule has 26 heavy (non-hydrogen) atoms. The lowest BCUT2D eigenvalue weighted by molar-refractivity contribution is 0.451. The molecule has 0 nitrogen and oxygen atoms in total. The van der Waals surface area contributed by atoms with Crippen molar-refractivity contribution in [2.75, 3.05) is 0 Å². The molecule has 0 amide bonds. The second-order valence-corrected chi connectivity index (χ2v) is 7.58. The van der Waals surface area contributed by atoms with Gasteiger partial charge in [-0.2, -0.15) is 0 Å². The molecule has 0 aromatic heterocycles. The van der Waals surface area contributed by atoms with Crippen LogP contribution in [0, 0.1) is 17.6 Å². The van der Waals surface area contributed by atoms with Crippen molar-refractivity contribution in [2.45, 2.75) is 84.5 Å². The zero-order valence-corrected chi connectivity index (χ0v) is 16.5. The number of aryl methyl sites for hydroxylation is 1. The predicted molar refractivity (Wildman–Crippen MR) is 108 cm³/mol. The van der Waals surface area contributed by atoms with Gasteiger partial charge in [-0.25, -0.2) is 8.78 Å². The van der Waals surface area contributed by atoms with Crippen LogP contribution in [0.2, 0.25) is 0 Å². The molecular weight excluding hydrogens is 326 g/mol. The average molecular weight is 361 g/mol. The molecule has 1 aliphatic rings. The SMILES string of the molecule is C/C=C/CCC1CC=C(c2ccc(CCCCCCC)c(F)c2F)CC1. The quantitative estimate of drug-likeness (QED) is 0.293. The fourth-order valence-electron chi connectivity index (χ4n) is 3.84. The predicted octanol–water partition coefficient (Wildman–Crippen LogP) is 8.02. The summed E-state index contributed by atoms with van der Waals surface area (Å²) in [6.07, 6.45) is 17.9. The third-order valence-electron chi connectivity index (χ3n) is 5.55. The summed E-state index contributed by atoms with van der Waals surface area (Å²) in [4.78, 5) is 0. The lowest BCUT2D eigenvalue weighted by Crippen LogP contribution is -2.07. The second-order valence-electron chi connectivity index (χ2n) is 7.58. The maximum atomic E-state index is 14.6. The molecule has 0 radical (unpaired) electrons. The van der Waals surface area contributed by atoms with Crippen molar-refractivity contribution in [2.24, 2.45) is 5.92 Å². The molecule has 0 saturated heterocycles. The number of rotatable bonds is 10. The van der Waals surface area contributed by atoms with Gasteiger partial charge in [-0.05, 0) is 68.9 Å². The third-order valence-corrected chi connectivity index (χ3v) is 5.55. The van der Waals surface area contributed by atoms with E-state index in [0.29, 0.717) is 23.5 Å². The van der Waals surface area contributed by atoms with Gasteiger partial charge in [-0.3, -0.25) is 0 Å². The summed E-state index contributed by atoms with van der Waals surface area (Å²) in [5.41, 5.74) is 1.99. The van der Waals surface area contributed by atoms with Crippen molar-refractivity contribution in [1.29, 1.82) is 0 Å². The molecule has 0 fully saturated rings. The Hall–Kier alpha value is -1.44. The number of halogens is 2. The van der Waals surface area contributed by atoms with Crippen LogP contribution in [-0.2, 0) is 6.42 Å². The van der Waals surface area contributed by atoms with E-state index in [0.717, 1.165) is 44.1 Å². The molecule has 1 aromatic rings. The topological polar surface area (TPSA) is 0 Å². The Morgan fingerprint density at radius 3 is 2.58 bits per heavy atom. The Bertz CT molecular complexity index is 613. The number of hydrogen-bond donors (Lipinski definition) is 0. The lowest BCUT2D eigenvalue weighted by atomic mass is 9.84. The molecule has 144 valence electrons. The molecule has 0 spiro atoms. The fraction of sp³-hybridized carbons (Fsp3) is 0.583. The molecule has 0 heterocycles. The van der Waals surface area contributed by atoms with E-state index in [1.807, 2.05) is 6.92 Å². The van der Waals surface area contributed by atoms with Gasteiger partial charge in [0.15, 0.2) is 11.6 Å². The van der Waals surface area contributed by atoms with Gasteiger partial charge in [-0.15, -0.1) is 0 Å². The molecule has 0 N–H and O–H groups in total. The Morgan fingerprint density at radius 2 is 1.88 bits per heavy atom. The van der Waals surface area contributed by atoms with Gasteiger partial charge < -0.3 is 0 Å². The van der Waals surface area contributed by atoms with Gasteiger partial charge in [0.1, 0.15) is 0 Å². The molecule has 1 atom stereocenters. The smallest absolute Gasteiger partial charge is 0.166 e. The van der Waals surface area contributed by atoms with E-state index in [1.165, 1.54) is 25.7 Å². The Balaban J connectivity index is 1.95. The third kappa shape index (κ3) is 6.07. The highest BCUT2D eigenvalue weighted by atomic mass is 19.2. The first-order valence-electron chi connectivity index (χ1n) is 10.4. The van der Waals surface area contributed by atoms with Crippen molar-refractivity contribution >= 4 is 5.57 Å². The van der Waals surface area contributed by atoms with Gasteiger partial charge in [0.25, 0.3) is 0 Å². The van der Waals surface area contributed by atoms with E-state index in [-0.39, 0.29) is 0 Å². The monoisotopic (exact) mass is 360 g/mol. The fourth-order valence-corrected chi connectivity index (χ4v) is 3.84. The van der Waals surface area contributed by atoms with E-state index in [1.54, 1.807) is 12.1 Å². The Labute approximate surface area is 158 Å². The Kier molecular flexibility index (Phi) is 9.08. The molecule has 1 aliphatic carbocycles. The zero-order valence-electron chi connectivity index (χ0n) is 16.5. The van der Waals surface area contributed by atoms with Crippen LogP contribution in [0.1, 0.15) is 89.2 Å². The van der Waals surface area contributed by atoms with Crippen molar-refractivity contribution in [3.05, 3.63) is 53.1 Å². The van der Waals surface area contributed by atoms with Crippen LogP contribution >= 0.6 is 0 Å². The van der Waals surface area contributed by atoms with Crippen LogP contribution in [-0.4, -0.2) is 0 Å². The minimum atomic E-state index is -0.644. The number of hydrogen-bond acceptors (Lipinski definition) is 0. The van der Waals surface area contributed by atoms with E-state index >= 15 is 0 Å². The molecule has 0 bridgehead atoms. The van der Waals surface area contributed by atoms with Gasteiger partial charge in [0.2, 0.25) is 0 Å². The maximum absolute atomic E-state index is 14.6. The zero-order chi connectivity index (χ0) is 18.8. The number of unbranched alkanes of at least 4 members (excludes halogenated alkanes) is 4. The standard InChI is InChI=1S/C24H34F2/c1-3-5-7-8-10-12-21-17-18-22(24(26)23(21)25)20-15-13-19(14-16-20)11-9-6-4-2/h4,6,15,17-19H,3,5,7-14,16H2,1-2H3/b6-4+. The molecule has 1 unspecified atom stereocenters. The van der Waals surface area contributed by atoms with Gasteiger partial charge in [0, 0.05) is 5.56 Å². The summed E-state index contributed by atoms with van der Waals surface area (Å²) in [5.74, 6) is -0.603. The van der Waals surface area contributed by atoms with E-state index in [4.69, 9.17) is 0 Å². The summed E-state index contributed by atoms with van der Waals surface area (Å²) in [6.45, 7) is 4.23. The minimum Gasteiger partial charge on any atom is -0.203 e. The molecule has 0 saturated carbocycles. The molecule has 1 aromatic carbocycles. The van der Waals surface area contributed by atoms with E-state index < -0.39 is 11.6 Å². The summed E-state index contributed by atoms with van der Waals surface area (Å²) < 4.78 is 29.1. The highest BCUT2D eigenvalue weighted by Gasteiger charge is 2.20. The summed E-state index contributed by atoms with van der Waals surface area (Å²) in [5, 5.41) is 0. The van der Waals surface area contributed by atoms with Gasteiger partial charge >= 0.3 is 0 Å². The first-order chi connectivity index (χ1) is 12.7. The summed E-state index contributed by atoms with van der Waals surface area (Å²) in [7, 11) is 0. The highest BCUT2D eigenvalue weighted by molar-refractivity contribution is 5.67. The molecule has 2 rings (SSSR count). The first-order valence-corrected chi connectivity index (χ1v) is 10.4. The number of allylic oxidation sites excluding steroid dienone is 4. The van der Waals surface area contributed by atoms with Gasteiger partial charge in [-0.1, -0.05) is 63.0 Å². The van der Waals surface area contributed by atoms with Crippen molar-refractivity contribution in [1.82, 2.24) is 0 Å². The van der Waals surface area contributed by atoms with Crippen LogP contribution in [0.25, 0.3) is 5.57 Å². The first kappa shape index (κ1) is 20.9. The lowest BCUT2D eigenvalue weighted by Gasteiger charge is -2.22. The van der Waals surface area contributed by atoms with Crippen molar-refractivity contribution in [3.8, 4) is 0 Å².